The quantitative estimate of drug-likeness (QED) is 0.702. The third-order valence-electron chi connectivity index (χ3n) is 2.79. The predicted molar refractivity (Wildman–Crippen MR) is 70.5 cm³/mol. The second-order valence-corrected chi connectivity index (χ2v) is 4.91. The van der Waals surface area contributed by atoms with Crippen LogP contribution in [0.5, 0.6) is 5.88 Å². The summed E-state index contributed by atoms with van der Waals surface area (Å²) in [6, 6.07) is 1.81. The number of aromatic nitrogens is 5. The van der Waals surface area contributed by atoms with E-state index < -0.39 is 0 Å². The highest BCUT2D eigenvalue weighted by Crippen LogP contribution is 2.16. The molecule has 0 bridgehead atoms. The first kappa shape index (κ1) is 11.8. The smallest absolute Gasteiger partial charge is 0.264 e. The zero-order chi connectivity index (χ0) is 13.4. The average molecular weight is 277 g/mol. The van der Waals surface area contributed by atoms with Gasteiger partial charge in [0.1, 0.15) is 11.7 Å². The molecule has 98 valence electrons. The maximum atomic E-state index is 12.2. The predicted octanol–water partition coefficient (Wildman–Crippen LogP) is 0.643. The van der Waals surface area contributed by atoms with Crippen LogP contribution in [-0.4, -0.2) is 30.8 Å². The van der Waals surface area contributed by atoms with Crippen molar-refractivity contribution in [2.45, 2.75) is 6.54 Å². The molecule has 3 aromatic rings. The standard InChI is InChI=1S/C11H11N5O2S/c1-15-10-8(4-13-15)11(17)16(6-12-10)5-7-3-9(18-2)14-19-7/h3-4,6H,5H2,1-2H3. The molecular weight excluding hydrogens is 266 g/mol. The molecule has 7 nitrogen and oxygen atoms in total. The Hall–Kier alpha value is -2.22. The van der Waals surface area contributed by atoms with Gasteiger partial charge < -0.3 is 4.74 Å². The highest BCUT2D eigenvalue weighted by Gasteiger charge is 2.09. The van der Waals surface area contributed by atoms with Gasteiger partial charge in [0.25, 0.3) is 5.56 Å². The number of rotatable bonds is 3. The van der Waals surface area contributed by atoms with Gasteiger partial charge in [-0.25, -0.2) is 4.98 Å². The molecule has 0 aromatic carbocycles. The van der Waals surface area contributed by atoms with E-state index >= 15 is 0 Å². The van der Waals surface area contributed by atoms with Gasteiger partial charge in [-0.3, -0.25) is 14.0 Å². The fourth-order valence-electron chi connectivity index (χ4n) is 1.81. The lowest BCUT2D eigenvalue weighted by Gasteiger charge is -2.02. The fraction of sp³-hybridized carbons (Fsp3) is 0.273. The van der Waals surface area contributed by atoms with E-state index in [2.05, 4.69) is 14.5 Å². The number of ether oxygens (including phenoxy) is 1. The molecule has 8 heteroatoms. The lowest BCUT2D eigenvalue weighted by Crippen LogP contribution is -2.20. The molecule has 0 N–H and O–H groups in total. The number of hydrogen-bond donors (Lipinski definition) is 0. The van der Waals surface area contributed by atoms with Gasteiger partial charge in [-0.1, -0.05) is 0 Å². The van der Waals surface area contributed by atoms with E-state index in [1.807, 2.05) is 6.07 Å². The van der Waals surface area contributed by atoms with Crippen molar-refractivity contribution >= 4 is 22.6 Å². The van der Waals surface area contributed by atoms with Gasteiger partial charge in [0.2, 0.25) is 5.88 Å². The van der Waals surface area contributed by atoms with Crippen molar-refractivity contribution < 1.29 is 4.74 Å². The summed E-state index contributed by atoms with van der Waals surface area (Å²) in [6.45, 7) is 0.428. The minimum atomic E-state index is -0.106. The van der Waals surface area contributed by atoms with Crippen LogP contribution in [0.1, 0.15) is 4.88 Å². The minimum Gasteiger partial charge on any atom is -0.480 e. The molecule has 0 unspecified atom stereocenters. The normalized spacial score (nSPS) is 11.1. The van der Waals surface area contributed by atoms with Crippen LogP contribution in [0.2, 0.25) is 0 Å². The number of fused-ring (bicyclic) bond motifs is 1. The Labute approximate surface area is 112 Å². The van der Waals surface area contributed by atoms with Crippen molar-refractivity contribution in [1.29, 1.82) is 0 Å². The van der Waals surface area contributed by atoms with E-state index in [1.165, 1.54) is 28.6 Å². The molecule has 0 saturated carbocycles. The first-order valence-corrected chi connectivity index (χ1v) is 6.33. The Morgan fingerprint density at radius 1 is 1.47 bits per heavy atom. The molecule has 0 aliphatic heterocycles. The third-order valence-corrected chi connectivity index (χ3v) is 3.54. The zero-order valence-corrected chi connectivity index (χ0v) is 11.2. The Kier molecular flexibility index (Phi) is 2.79. The topological polar surface area (TPSA) is 74.8 Å². The van der Waals surface area contributed by atoms with Gasteiger partial charge in [-0.2, -0.15) is 9.47 Å². The van der Waals surface area contributed by atoms with Crippen LogP contribution in [0.4, 0.5) is 0 Å². The summed E-state index contributed by atoms with van der Waals surface area (Å²) in [6.07, 6.45) is 3.06. The van der Waals surface area contributed by atoms with Gasteiger partial charge in [0, 0.05) is 18.0 Å². The number of hydrogen-bond acceptors (Lipinski definition) is 6. The SMILES string of the molecule is COc1cc(Cn2cnc3c(cnn3C)c2=O)sn1. The molecule has 0 fully saturated rings. The molecule has 0 radical (unpaired) electrons. The lowest BCUT2D eigenvalue weighted by molar-refractivity contribution is 0.402. The van der Waals surface area contributed by atoms with E-state index in [0.29, 0.717) is 23.5 Å². The summed E-state index contributed by atoms with van der Waals surface area (Å²) in [5.41, 5.74) is 0.480. The van der Waals surface area contributed by atoms with Gasteiger partial charge in [-0.05, 0) is 11.5 Å². The molecular formula is C11H11N5O2S. The van der Waals surface area contributed by atoms with E-state index in [9.17, 15) is 4.79 Å². The molecule has 3 aromatic heterocycles. The van der Waals surface area contributed by atoms with Crippen LogP contribution < -0.4 is 10.3 Å². The number of aryl methyl sites for hydroxylation is 1. The average Bonchev–Trinajstić information content (AvgIpc) is 3.00. The van der Waals surface area contributed by atoms with Gasteiger partial charge in [-0.15, -0.1) is 0 Å². The lowest BCUT2D eigenvalue weighted by atomic mass is 10.4. The molecule has 0 aliphatic rings. The zero-order valence-electron chi connectivity index (χ0n) is 10.4. The summed E-state index contributed by atoms with van der Waals surface area (Å²) in [4.78, 5) is 17.4. The summed E-state index contributed by atoms with van der Waals surface area (Å²) in [5.74, 6) is 0.559. The monoisotopic (exact) mass is 277 g/mol. The van der Waals surface area contributed by atoms with Crippen molar-refractivity contribution in [3.63, 3.8) is 0 Å². The van der Waals surface area contributed by atoms with E-state index in [0.717, 1.165) is 4.88 Å². The van der Waals surface area contributed by atoms with Crippen molar-refractivity contribution in [2.75, 3.05) is 7.11 Å². The van der Waals surface area contributed by atoms with Gasteiger partial charge in [0.05, 0.1) is 19.9 Å². The highest BCUT2D eigenvalue weighted by atomic mass is 32.1. The van der Waals surface area contributed by atoms with Crippen molar-refractivity contribution in [2.24, 2.45) is 7.05 Å². The molecule has 3 heterocycles. The fourth-order valence-corrected chi connectivity index (χ4v) is 2.50. The number of nitrogens with zero attached hydrogens (tertiary/aromatic N) is 5. The summed E-state index contributed by atoms with van der Waals surface area (Å²) in [7, 11) is 3.32. The van der Waals surface area contributed by atoms with Crippen LogP contribution >= 0.6 is 11.5 Å². The van der Waals surface area contributed by atoms with Crippen molar-refractivity contribution in [3.05, 3.63) is 33.8 Å². The largest absolute Gasteiger partial charge is 0.480 e. The van der Waals surface area contributed by atoms with E-state index in [1.54, 1.807) is 18.8 Å². The number of methoxy groups -OCH3 is 1. The molecule has 0 aliphatic carbocycles. The minimum absolute atomic E-state index is 0.106. The van der Waals surface area contributed by atoms with Crippen LogP contribution in [0.3, 0.4) is 0 Å². The molecule has 0 spiro atoms. The molecule has 0 atom stereocenters. The van der Waals surface area contributed by atoms with Crippen molar-refractivity contribution in [1.82, 2.24) is 23.7 Å². The first-order valence-electron chi connectivity index (χ1n) is 5.56. The molecule has 0 saturated heterocycles. The summed E-state index contributed by atoms with van der Waals surface area (Å²) < 4.78 is 12.2. The first-order chi connectivity index (χ1) is 9.19. The summed E-state index contributed by atoms with van der Waals surface area (Å²) >= 11 is 1.30. The van der Waals surface area contributed by atoms with Crippen LogP contribution in [-0.2, 0) is 13.6 Å². The van der Waals surface area contributed by atoms with E-state index in [4.69, 9.17) is 4.74 Å². The second-order valence-electron chi connectivity index (χ2n) is 4.02. The molecule has 0 amide bonds. The Morgan fingerprint density at radius 3 is 3.05 bits per heavy atom. The van der Waals surface area contributed by atoms with Gasteiger partial charge in [0.15, 0.2) is 5.65 Å². The van der Waals surface area contributed by atoms with Crippen LogP contribution in [0, 0.1) is 0 Å². The molecule has 19 heavy (non-hydrogen) atoms. The Bertz CT molecular complexity index is 788. The van der Waals surface area contributed by atoms with Gasteiger partial charge >= 0.3 is 0 Å². The molecule has 3 rings (SSSR count). The highest BCUT2D eigenvalue weighted by molar-refractivity contribution is 7.05. The van der Waals surface area contributed by atoms with Crippen LogP contribution in [0.25, 0.3) is 11.0 Å². The summed E-state index contributed by atoms with van der Waals surface area (Å²) in [5, 5.41) is 4.55. The maximum Gasteiger partial charge on any atom is 0.264 e. The Morgan fingerprint density at radius 2 is 2.32 bits per heavy atom. The maximum absolute atomic E-state index is 12.2. The second kappa shape index (κ2) is 4.47. The third kappa shape index (κ3) is 1.99. The Balaban J connectivity index is 2.01. The van der Waals surface area contributed by atoms with Crippen molar-refractivity contribution in [3.8, 4) is 5.88 Å². The van der Waals surface area contributed by atoms with Crippen LogP contribution in [0.15, 0.2) is 23.4 Å². The van der Waals surface area contributed by atoms with E-state index in [-0.39, 0.29) is 5.56 Å².